The standard InChI is InChI=1S/C20H24FN3O4/c1-12(2)20(19(26)27)8-9-24(11-20)17(25)7-6-16-22-18(23-28-16)14-5-4-13(3)15(21)10-14/h4-5,10,12H,6-9,11H2,1-3H3,(H,26,27). The van der Waals surface area contributed by atoms with Crippen LogP contribution in [0, 0.1) is 24.1 Å². The number of aliphatic carboxylic acids is 1. The Balaban J connectivity index is 1.61. The number of likely N-dealkylation sites (tertiary alicyclic amines) is 1. The molecule has 0 spiro atoms. The molecule has 1 aromatic heterocycles. The lowest BCUT2D eigenvalue weighted by atomic mass is 9.76. The van der Waals surface area contributed by atoms with Gasteiger partial charge in [-0.15, -0.1) is 0 Å². The summed E-state index contributed by atoms with van der Waals surface area (Å²) < 4.78 is 18.9. The van der Waals surface area contributed by atoms with Crippen molar-refractivity contribution in [3.05, 3.63) is 35.5 Å². The zero-order valence-electron chi connectivity index (χ0n) is 16.2. The minimum absolute atomic E-state index is 0.0591. The van der Waals surface area contributed by atoms with E-state index in [1.165, 1.54) is 6.07 Å². The molecule has 7 nitrogen and oxygen atoms in total. The molecule has 1 amide bonds. The summed E-state index contributed by atoms with van der Waals surface area (Å²) in [5.41, 5.74) is 0.151. The molecule has 0 saturated carbocycles. The molecule has 8 heteroatoms. The lowest BCUT2D eigenvalue weighted by Gasteiger charge is -2.28. The first kappa shape index (κ1) is 20.0. The summed E-state index contributed by atoms with van der Waals surface area (Å²) in [5, 5.41) is 13.4. The van der Waals surface area contributed by atoms with Crippen LogP contribution in [-0.4, -0.2) is 45.1 Å². The van der Waals surface area contributed by atoms with E-state index in [1.54, 1.807) is 24.0 Å². The maximum atomic E-state index is 13.7. The Bertz CT molecular complexity index is 895. The number of rotatable bonds is 6. The van der Waals surface area contributed by atoms with Gasteiger partial charge in [0.2, 0.25) is 17.6 Å². The average molecular weight is 389 g/mol. The zero-order chi connectivity index (χ0) is 20.5. The molecule has 1 fully saturated rings. The molecule has 150 valence electrons. The van der Waals surface area contributed by atoms with E-state index in [0.29, 0.717) is 24.1 Å². The number of aryl methyl sites for hydroxylation is 2. The molecule has 2 heterocycles. The topological polar surface area (TPSA) is 96.5 Å². The number of halogens is 1. The zero-order valence-corrected chi connectivity index (χ0v) is 16.2. The molecule has 0 radical (unpaired) electrons. The van der Waals surface area contributed by atoms with Crippen molar-refractivity contribution in [3.8, 4) is 11.4 Å². The largest absolute Gasteiger partial charge is 0.481 e. The van der Waals surface area contributed by atoms with Gasteiger partial charge in [-0.3, -0.25) is 9.59 Å². The van der Waals surface area contributed by atoms with Gasteiger partial charge in [-0.25, -0.2) is 4.39 Å². The second kappa shape index (κ2) is 7.69. The van der Waals surface area contributed by atoms with Crippen LogP contribution >= 0.6 is 0 Å². The highest BCUT2D eigenvalue weighted by molar-refractivity contribution is 5.81. The van der Waals surface area contributed by atoms with Crippen LogP contribution in [0.4, 0.5) is 4.39 Å². The Kier molecular flexibility index (Phi) is 5.49. The van der Waals surface area contributed by atoms with Crippen LogP contribution in [0.2, 0.25) is 0 Å². The van der Waals surface area contributed by atoms with Gasteiger partial charge in [-0.05, 0) is 30.9 Å². The van der Waals surface area contributed by atoms with Gasteiger partial charge in [-0.1, -0.05) is 31.1 Å². The van der Waals surface area contributed by atoms with E-state index < -0.39 is 11.4 Å². The first-order valence-corrected chi connectivity index (χ1v) is 9.33. The molecule has 1 aliphatic heterocycles. The van der Waals surface area contributed by atoms with E-state index in [2.05, 4.69) is 10.1 Å². The maximum absolute atomic E-state index is 13.7. The van der Waals surface area contributed by atoms with Crippen LogP contribution in [0.15, 0.2) is 22.7 Å². The fourth-order valence-corrected chi connectivity index (χ4v) is 3.52. The van der Waals surface area contributed by atoms with Crippen molar-refractivity contribution in [2.24, 2.45) is 11.3 Å². The summed E-state index contributed by atoms with van der Waals surface area (Å²) in [6, 6.07) is 4.69. The van der Waals surface area contributed by atoms with Gasteiger partial charge in [0.15, 0.2) is 0 Å². The molecule has 0 aliphatic carbocycles. The van der Waals surface area contributed by atoms with E-state index in [4.69, 9.17) is 4.52 Å². The van der Waals surface area contributed by atoms with Crippen molar-refractivity contribution in [1.29, 1.82) is 0 Å². The number of carbonyl (C=O) groups excluding carboxylic acids is 1. The molecule has 28 heavy (non-hydrogen) atoms. The number of hydrogen-bond acceptors (Lipinski definition) is 5. The van der Waals surface area contributed by atoms with Gasteiger partial charge in [0.05, 0.1) is 5.41 Å². The van der Waals surface area contributed by atoms with Gasteiger partial charge in [0, 0.05) is 31.5 Å². The summed E-state index contributed by atoms with van der Waals surface area (Å²) in [6.07, 6.45) is 0.853. The minimum atomic E-state index is -0.886. The van der Waals surface area contributed by atoms with E-state index in [0.717, 1.165) is 0 Å². The predicted molar refractivity (Wildman–Crippen MR) is 98.9 cm³/mol. The van der Waals surface area contributed by atoms with Crippen LogP contribution in [0.1, 0.15) is 38.1 Å². The van der Waals surface area contributed by atoms with Crippen molar-refractivity contribution in [2.45, 2.75) is 40.0 Å². The Hall–Kier alpha value is -2.77. The first-order chi connectivity index (χ1) is 13.2. The van der Waals surface area contributed by atoms with Crippen LogP contribution in [0.5, 0.6) is 0 Å². The Morgan fingerprint density at radius 3 is 2.75 bits per heavy atom. The number of carboxylic acids is 1. The van der Waals surface area contributed by atoms with Gasteiger partial charge in [-0.2, -0.15) is 4.98 Å². The molecule has 3 rings (SSSR count). The van der Waals surface area contributed by atoms with Crippen molar-refractivity contribution < 1.29 is 23.6 Å². The van der Waals surface area contributed by atoms with Crippen LogP contribution in [0.25, 0.3) is 11.4 Å². The number of aromatic nitrogens is 2. The highest BCUT2D eigenvalue weighted by Crippen LogP contribution is 2.38. The maximum Gasteiger partial charge on any atom is 0.311 e. The molecular weight excluding hydrogens is 365 g/mol. The third kappa shape index (κ3) is 3.76. The number of nitrogens with zero attached hydrogens (tertiary/aromatic N) is 3. The fourth-order valence-electron chi connectivity index (χ4n) is 3.52. The highest BCUT2D eigenvalue weighted by atomic mass is 19.1. The third-order valence-electron chi connectivity index (χ3n) is 5.64. The lowest BCUT2D eigenvalue weighted by Crippen LogP contribution is -2.40. The number of hydrogen-bond donors (Lipinski definition) is 1. The van der Waals surface area contributed by atoms with Crippen LogP contribution in [-0.2, 0) is 16.0 Å². The van der Waals surface area contributed by atoms with Crippen LogP contribution in [0.3, 0.4) is 0 Å². The van der Waals surface area contributed by atoms with Gasteiger partial charge >= 0.3 is 5.97 Å². The Morgan fingerprint density at radius 1 is 1.39 bits per heavy atom. The molecule has 1 atom stereocenters. The molecule has 0 bridgehead atoms. The summed E-state index contributed by atoms with van der Waals surface area (Å²) in [5.74, 6) is -0.838. The Labute approximate surface area is 162 Å². The number of carbonyl (C=O) groups is 2. The number of benzene rings is 1. The van der Waals surface area contributed by atoms with E-state index in [9.17, 15) is 19.1 Å². The number of carboxylic acid groups (broad SMARTS) is 1. The van der Waals surface area contributed by atoms with Crippen molar-refractivity contribution >= 4 is 11.9 Å². The van der Waals surface area contributed by atoms with Crippen LogP contribution < -0.4 is 0 Å². The average Bonchev–Trinajstić information content (AvgIpc) is 3.30. The summed E-state index contributed by atoms with van der Waals surface area (Å²) in [6.45, 7) is 6.06. The molecule has 1 aromatic carbocycles. The van der Waals surface area contributed by atoms with Crippen molar-refractivity contribution in [1.82, 2.24) is 15.0 Å². The molecule has 2 aromatic rings. The van der Waals surface area contributed by atoms with E-state index in [-0.39, 0.29) is 48.7 Å². The predicted octanol–water partition coefficient (Wildman–Crippen LogP) is 3.08. The van der Waals surface area contributed by atoms with E-state index >= 15 is 0 Å². The smallest absolute Gasteiger partial charge is 0.311 e. The normalized spacial score (nSPS) is 19.4. The third-order valence-corrected chi connectivity index (χ3v) is 5.64. The van der Waals surface area contributed by atoms with Gasteiger partial charge in [0.1, 0.15) is 5.82 Å². The summed E-state index contributed by atoms with van der Waals surface area (Å²) >= 11 is 0. The van der Waals surface area contributed by atoms with Crippen molar-refractivity contribution in [3.63, 3.8) is 0 Å². The number of amides is 1. The second-order valence-corrected chi connectivity index (χ2v) is 7.66. The molecular formula is C20H24FN3O4. The minimum Gasteiger partial charge on any atom is -0.481 e. The summed E-state index contributed by atoms with van der Waals surface area (Å²) in [4.78, 5) is 30.0. The quantitative estimate of drug-likeness (QED) is 0.816. The molecule has 1 unspecified atom stereocenters. The van der Waals surface area contributed by atoms with Gasteiger partial charge in [0.25, 0.3) is 0 Å². The highest BCUT2D eigenvalue weighted by Gasteiger charge is 2.48. The second-order valence-electron chi connectivity index (χ2n) is 7.66. The SMILES string of the molecule is Cc1ccc(-c2noc(CCC(=O)N3CCC(C(=O)O)(C(C)C)C3)n2)cc1F. The monoisotopic (exact) mass is 389 g/mol. The molecule has 1 saturated heterocycles. The van der Waals surface area contributed by atoms with E-state index in [1.807, 2.05) is 13.8 Å². The first-order valence-electron chi connectivity index (χ1n) is 9.33. The Morgan fingerprint density at radius 2 is 2.14 bits per heavy atom. The molecule has 1 aliphatic rings. The molecule has 1 N–H and O–H groups in total. The lowest BCUT2D eigenvalue weighted by molar-refractivity contribution is -0.151. The summed E-state index contributed by atoms with van der Waals surface area (Å²) in [7, 11) is 0. The fraction of sp³-hybridized carbons (Fsp3) is 0.500. The van der Waals surface area contributed by atoms with Crippen molar-refractivity contribution in [2.75, 3.05) is 13.1 Å². The van der Waals surface area contributed by atoms with Gasteiger partial charge < -0.3 is 14.5 Å².